The lowest BCUT2D eigenvalue weighted by Crippen LogP contribution is -1.85. The molecule has 0 unspecified atom stereocenters. The summed E-state index contributed by atoms with van der Waals surface area (Å²) in [6.07, 6.45) is 0. The first-order valence-corrected chi connectivity index (χ1v) is 6.24. The normalized spacial score (nSPS) is 10.6. The lowest BCUT2D eigenvalue weighted by molar-refractivity contribution is 0.501. The Morgan fingerprint density at radius 1 is 1.31 bits per heavy atom. The highest BCUT2D eigenvalue weighted by Gasteiger charge is 2.02. The van der Waals surface area contributed by atoms with E-state index in [1.807, 2.05) is 37.3 Å². The molecule has 0 aliphatic heterocycles. The molecule has 0 aliphatic carbocycles. The van der Waals surface area contributed by atoms with Gasteiger partial charge in [-0.25, -0.2) is 0 Å². The number of hydrogen-bond acceptors (Lipinski definition) is 3. The number of furan rings is 1. The monoisotopic (exact) mass is 253 g/mol. The summed E-state index contributed by atoms with van der Waals surface area (Å²) in [5.41, 5.74) is 6.25. The number of thioether (sulfide) groups is 1. The molecule has 0 bridgehead atoms. The van der Waals surface area contributed by atoms with Gasteiger partial charge in [-0.15, -0.1) is 11.8 Å². The highest BCUT2D eigenvalue weighted by molar-refractivity contribution is 7.98. The molecule has 4 heteroatoms. The van der Waals surface area contributed by atoms with Crippen LogP contribution in [-0.4, -0.2) is 0 Å². The number of benzene rings is 1. The predicted molar refractivity (Wildman–Crippen MR) is 68.9 cm³/mol. The SMILES string of the molecule is Cc1ccc(CSc2ccc(N)c(Cl)c2)o1. The van der Waals surface area contributed by atoms with Crippen LogP contribution in [0.4, 0.5) is 5.69 Å². The molecule has 0 saturated carbocycles. The molecule has 0 radical (unpaired) electrons. The van der Waals surface area contributed by atoms with Crippen molar-refractivity contribution in [2.45, 2.75) is 17.6 Å². The van der Waals surface area contributed by atoms with E-state index in [1.165, 1.54) is 0 Å². The lowest BCUT2D eigenvalue weighted by atomic mass is 10.3. The maximum atomic E-state index is 5.94. The van der Waals surface area contributed by atoms with Crippen molar-refractivity contribution >= 4 is 29.1 Å². The van der Waals surface area contributed by atoms with Crippen LogP contribution in [0.5, 0.6) is 0 Å². The van der Waals surface area contributed by atoms with Gasteiger partial charge in [0.1, 0.15) is 11.5 Å². The molecule has 0 atom stereocenters. The average Bonchev–Trinajstić information content (AvgIpc) is 2.66. The van der Waals surface area contributed by atoms with Gasteiger partial charge in [0.15, 0.2) is 0 Å². The van der Waals surface area contributed by atoms with Crippen LogP contribution >= 0.6 is 23.4 Å². The van der Waals surface area contributed by atoms with Gasteiger partial charge in [-0.2, -0.15) is 0 Å². The van der Waals surface area contributed by atoms with E-state index in [1.54, 1.807) is 11.8 Å². The molecule has 2 nitrogen and oxygen atoms in total. The number of hydrogen-bond donors (Lipinski definition) is 1. The summed E-state index contributed by atoms with van der Waals surface area (Å²) < 4.78 is 5.48. The van der Waals surface area contributed by atoms with E-state index in [-0.39, 0.29) is 0 Å². The Balaban J connectivity index is 2.02. The van der Waals surface area contributed by atoms with Crippen LogP contribution in [0.15, 0.2) is 39.6 Å². The predicted octanol–water partition coefficient (Wildman–Crippen LogP) is 4.12. The van der Waals surface area contributed by atoms with Crippen molar-refractivity contribution < 1.29 is 4.42 Å². The van der Waals surface area contributed by atoms with Crippen molar-refractivity contribution in [1.82, 2.24) is 0 Å². The Bertz CT molecular complexity index is 496. The van der Waals surface area contributed by atoms with E-state index in [4.69, 9.17) is 21.8 Å². The maximum Gasteiger partial charge on any atom is 0.114 e. The highest BCUT2D eigenvalue weighted by Crippen LogP contribution is 2.28. The first-order chi connectivity index (χ1) is 7.65. The molecule has 1 aromatic heterocycles. The van der Waals surface area contributed by atoms with E-state index < -0.39 is 0 Å². The van der Waals surface area contributed by atoms with E-state index in [0.29, 0.717) is 10.7 Å². The molecule has 0 amide bonds. The largest absolute Gasteiger partial charge is 0.465 e. The summed E-state index contributed by atoms with van der Waals surface area (Å²) in [5.74, 6) is 2.70. The van der Waals surface area contributed by atoms with Crippen LogP contribution in [0.3, 0.4) is 0 Å². The first-order valence-electron chi connectivity index (χ1n) is 4.88. The van der Waals surface area contributed by atoms with Gasteiger partial charge in [0, 0.05) is 4.90 Å². The Kier molecular flexibility index (Phi) is 3.46. The lowest BCUT2D eigenvalue weighted by Gasteiger charge is -2.02. The molecule has 2 rings (SSSR count). The molecule has 0 fully saturated rings. The van der Waals surface area contributed by atoms with Gasteiger partial charge < -0.3 is 10.2 Å². The van der Waals surface area contributed by atoms with Gasteiger partial charge in [-0.05, 0) is 37.3 Å². The summed E-state index contributed by atoms with van der Waals surface area (Å²) >= 11 is 7.61. The van der Waals surface area contributed by atoms with Gasteiger partial charge in [-0.3, -0.25) is 0 Å². The van der Waals surface area contributed by atoms with Crippen LogP contribution in [0.25, 0.3) is 0 Å². The minimum absolute atomic E-state index is 0.598. The second-order valence-corrected chi connectivity index (χ2v) is 4.94. The number of halogens is 1. The first kappa shape index (κ1) is 11.4. The number of nitrogen functional groups attached to an aromatic ring is 1. The molecule has 2 aromatic rings. The molecule has 0 saturated heterocycles. The summed E-state index contributed by atoms with van der Waals surface area (Å²) in [6.45, 7) is 1.94. The fourth-order valence-electron chi connectivity index (χ4n) is 1.31. The molecule has 1 heterocycles. The Labute approximate surface area is 104 Å². The third kappa shape index (κ3) is 2.74. The molecule has 2 N–H and O–H groups in total. The van der Waals surface area contributed by atoms with Crippen LogP contribution in [-0.2, 0) is 5.75 Å². The van der Waals surface area contributed by atoms with Crippen LogP contribution in [0.2, 0.25) is 5.02 Å². The van der Waals surface area contributed by atoms with Crippen LogP contribution in [0, 0.1) is 6.92 Å². The topological polar surface area (TPSA) is 39.2 Å². The highest BCUT2D eigenvalue weighted by atomic mass is 35.5. The van der Waals surface area contributed by atoms with Crippen molar-refractivity contribution in [3.05, 3.63) is 46.9 Å². The second kappa shape index (κ2) is 4.85. The molecule has 16 heavy (non-hydrogen) atoms. The van der Waals surface area contributed by atoms with Gasteiger partial charge in [0.05, 0.1) is 16.5 Å². The van der Waals surface area contributed by atoms with E-state index in [9.17, 15) is 0 Å². The van der Waals surface area contributed by atoms with E-state index in [2.05, 4.69) is 0 Å². The Hall–Kier alpha value is -1.06. The minimum Gasteiger partial charge on any atom is -0.465 e. The maximum absolute atomic E-state index is 5.94. The number of nitrogens with two attached hydrogens (primary N) is 1. The van der Waals surface area contributed by atoms with Crippen LogP contribution in [0.1, 0.15) is 11.5 Å². The zero-order valence-electron chi connectivity index (χ0n) is 8.87. The summed E-state index contributed by atoms with van der Waals surface area (Å²) in [4.78, 5) is 1.09. The third-order valence-electron chi connectivity index (χ3n) is 2.15. The van der Waals surface area contributed by atoms with Gasteiger partial charge in [0.25, 0.3) is 0 Å². The molecular weight excluding hydrogens is 242 g/mol. The quantitative estimate of drug-likeness (QED) is 0.661. The van der Waals surface area contributed by atoms with Crippen LogP contribution < -0.4 is 5.73 Å². The molecular formula is C12H12ClNOS. The van der Waals surface area contributed by atoms with Crippen molar-refractivity contribution in [3.63, 3.8) is 0 Å². The summed E-state index contributed by atoms with van der Waals surface area (Å²) in [5, 5.41) is 0.598. The fourth-order valence-corrected chi connectivity index (χ4v) is 2.39. The van der Waals surface area contributed by atoms with Crippen molar-refractivity contribution in [2.24, 2.45) is 0 Å². The zero-order valence-corrected chi connectivity index (χ0v) is 10.4. The Morgan fingerprint density at radius 3 is 2.75 bits per heavy atom. The summed E-state index contributed by atoms with van der Waals surface area (Å²) in [7, 11) is 0. The third-order valence-corrected chi connectivity index (χ3v) is 3.49. The molecule has 84 valence electrons. The standard InChI is InChI=1S/C12H12ClNOS/c1-8-2-3-9(15-8)7-16-10-4-5-12(14)11(13)6-10/h2-6H,7,14H2,1H3. The zero-order chi connectivity index (χ0) is 11.5. The van der Waals surface area contributed by atoms with Gasteiger partial charge >= 0.3 is 0 Å². The fraction of sp³-hybridized carbons (Fsp3) is 0.167. The van der Waals surface area contributed by atoms with Crippen molar-refractivity contribution in [1.29, 1.82) is 0 Å². The minimum atomic E-state index is 0.598. The summed E-state index contributed by atoms with van der Waals surface area (Å²) in [6, 6.07) is 9.60. The number of aryl methyl sites for hydroxylation is 1. The van der Waals surface area contributed by atoms with Gasteiger partial charge in [0.2, 0.25) is 0 Å². The molecule has 0 aliphatic rings. The van der Waals surface area contributed by atoms with E-state index in [0.717, 1.165) is 22.2 Å². The number of anilines is 1. The smallest absolute Gasteiger partial charge is 0.114 e. The van der Waals surface area contributed by atoms with E-state index >= 15 is 0 Å². The molecule has 1 aromatic carbocycles. The Morgan fingerprint density at radius 2 is 2.12 bits per heavy atom. The van der Waals surface area contributed by atoms with Gasteiger partial charge in [-0.1, -0.05) is 11.6 Å². The van der Waals surface area contributed by atoms with Crippen molar-refractivity contribution in [2.75, 3.05) is 5.73 Å². The average molecular weight is 254 g/mol. The second-order valence-electron chi connectivity index (χ2n) is 3.48. The molecule has 0 spiro atoms. The number of rotatable bonds is 3. The van der Waals surface area contributed by atoms with Crippen molar-refractivity contribution in [3.8, 4) is 0 Å².